The van der Waals surface area contributed by atoms with Crippen LogP contribution in [-0.4, -0.2) is 55.1 Å². The van der Waals surface area contributed by atoms with Crippen molar-refractivity contribution in [3.63, 3.8) is 0 Å². The van der Waals surface area contributed by atoms with Crippen LogP contribution in [0.3, 0.4) is 0 Å². The van der Waals surface area contributed by atoms with E-state index in [9.17, 15) is 4.79 Å². The number of fused-ring (bicyclic) bond motifs is 1. The molecule has 1 aromatic carbocycles. The summed E-state index contributed by atoms with van der Waals surface area (Å²) in [6.45, 7) is 7.20. The maximum Gasteiger partial charge on any atom is 0.289 e. The number of rotatable bonds is 4. The molecule has 1 amide bonds. The molecule has 0 unspecified atom stereocenters. The quantitative estimate of drug-likeness (QED) is 0.843. The van der Waals surface area contributed by atoms with Crippen LogP contribution in [0.1, 0.15) is 28.8 Å². The van der Waals surface area contributed by atoms with Gasteiger partial charge >= 0.3 is 0 Å². The number of benzene rings is 1. The van der Waals surface area contributed by atoms with Gasteiger partial charge < -0.3 is 18.8 Å². The number of ether oxygens (including phenoxy) is 2. The number of piperazine rings is 1. The molecule has 26 heavy (non-hydrogen) atoms. The molecule has 0 bridgehead atoms. The summed E-state index contributed by atoms with van der Waals surface area (Å²) in [5.41, 5.74) is 1.20. The molecule has 4 rings (SSSR count). The molecule has 3 heterocycles. The smallest absolute Gasteiger partial charge is 0.289 e. The number of aryl methyl sites for hydroxylation is 1. The molecule has 138 valence electrons. The summed E-state index contributed by atoms with van der Waals surface area (Å²) in [6.07, 6.45) is 0.802. The monoisotopic (exact) mass is 356 g/mol. The Bertz CT molecular complexity index is 778. The van der Waals surface area contributed by atoms with Gasteiger partial charge in [0.15, 0.2) is 17.3 Å². The first-order valence-corrected chi connectivity index (χ1v) is 9.22. The van der Waals surface area contributed by atoms with Crippen molar-refractivity contribution in [2.24, 2.45) is 0 Å². The molecular formula is C20H24N2O4. The van der Waals surface area contributed by atoms with Crippen LogP contribution in [0.15, 0.2) is 34.7 Å². The number of carbonyl (C=O) groups excluding carboxylic acids is 1. The molecule has 6 heteroatoms. The van der Waals surface area contributed by atoms with Crippen LogP contribution in [0.25, 0.3) is 0 Å². The number of amides is 1. The normalized spacial score (nSPS) is 17.3. The Kier molecular flexibility index (Phi) is 4.84. The molecule has 2 aliphatic rings. The predicted octanol–water partition coefficient (Wildman–Crippen LogP) is 2.57. The van der Waals surface area contributed by atoms with Gasteiger partial charge in [-0.05, 0) is 29.8 Å². The van der Waals surface area contributed by atoms with E-state index in [1.165, 1.54) is 5.56 Å². The molecule has 0 aliphatic carbocycles. The number of carbonyl (C=O) groups is 1. The van der Waals surface area contributed by atoms with E-state index in [4.69, 9.17) is 13.9 Å². The lowest BCUT2D eigenvalue weighted by Gasteiger charge is -2.34. The molecule has 0 atom stereocenters. The van der Waals surface area contributed by atoms with E-state index < -0.39 is 0 Å². The Hall–Kier alpha value is -2.47. The topological polar surface area (TPSA) is 55.2 Å². The van der Waals surface area contributed by atoms with Gasteiger partial charge in [-0.1, -0.05) is 13.0 Å². The van der Waals surface area contributed by atoms with Crippen LogP contribution in [0.2, 0.25) is 0 Å². The van der Waals surface area contributed by atoms with E-state index in [0.29, 0.717) is 32.1 Å². The molecule has 2 aromatic rings. The third-order valence-corrected chi connectivity index (χ3v) is 4.89. The second-order valence-electron chi connectivity index (χ2n) is 6.67. The van der Waals surface area contributed by atoms with Crippen molar-refractivity contribution in [2.75, 3.05) is 39.4 Å². The van der Waals surface area contributed by atoms with Gasteiger partial charge in [0.1, 0.15) is 19.0 Å². The van der Waals surface area contributed by atoms with Gasteiger partial charge in [-0.15, -0.1) is 0 Å². The lowest BCUT2D eigenvalue weighted by molar-refractivity contribution is 0.0596. The lowest BCUT2D eigenvalue weighted by Crippen LogP contribution is -2.48. The first-order valence-electron chi connectivity index (χ1n) is 9.22. The summed E-state index contributed by atoms with van der Waals surface area (Å²) < 4.78 is 16.8. The zero-order valence-corrected chi connectivity index (χ0v) is 15.1. The minimum absolute atomic E-state index is 0.0105. The third-order valence-electron chi connectivity index (χ3n) is 4.89. The number of nitrogens with zero attached hydrogens (tertiary/aromatic N) is 2. The Balaban J connectivity index is 1.33. The van der Waals surface area contributed by atoms with Crippen LogP contribution in [0.5, 0.6) is 11.5 Å². The molecule has 1 aromatic heterocycles. The van der Waals surface area contributed by atoms with E-state index in [2.05, 4.69) is 17.0 Å². The predicted molar refractivity (Wildman–Crippen MR) is 96.7 cm³/mol. The molecular weight excluding hydrogens is 332 g/mol. The molecule has 1 fully saturated rings. The van der Waals surface area contributed by atoms with Crippen molar-refractivity contribution in [2.45, 2.75) is 19.9 Å². The second kappa shape index (κ2) is 7.41. The average molecular weight is 356 g/mol. The third kappa shape index (κ3) is 3.55. The van der Waals surface area contributed by atoms with Crippen molar-refractivity contribution < 1.29 is 18.7 Å². The number of furan rings is 1. The van der Waals surface area contributed by atoms with E-state index >= 15 is 0 Å². The molecule has 1 saturated heterocycles. The largest absolute Gasteiger partial charge is 0.486 e. The number of hydrogen-bond acceptors (Lipinski definition) is 5. The minimum atomic E-state index is -0.0105. The van der Waals surface area contributed by atoms with Gasteiger partial charge in [-0.3, -0.25) is 9.69 Å². The highest BCUT2D eigenvalue weighted by Crippen LogP contribution is 2.31. The van der Waals surface area contributed by atoms with Crippen LogP contribution < -0.4 is 9.47 Å². The van der Waals surface area contributed by atoms with E-state index in [-0.39, 0.29) is 5.91 Å². The van der Waals surface area contributed by atoms with Crippen molar-refractivity contribution in [1.82, 2.24) is 9.80 Å². The molecule has 0 radical (unpaired) electrons. The first-order chi connectivity index (χ1) is 12.7. The summed E-state index contributed by atoms with van der Waals surface area (Å²) in [5.74, 6) is 2.93. The second-order valence-corrected chi connectivity index (χ2v) is 6.67. The fourth-order valence-corrected chi connectivity index (χ4v) is 3.39. The van der Waals surface area contributed by atoms with Crippen molar-refractivity contribution in [3.8, 4) is 11.5 Å². The number of hydrogen-bond donors (Lipinski definition) is 0. The standard InChI is InChI=1S/C20H24N2O4/c1-2-16-4-6-18(26-16)20(23)22-9-7-21(8-10-22)14-15-3-5-17-19(13-15)25-12-11-24-17/h3-6,13H,2,7-12,14H2,1H3. The van der Waals surface area contributed by atoms with Crippen molar-refractivity contribution in [3.05, 3.63) is 47.4 Å². The van der Waals surface area contributed by atoms with Gasteiger partial charge in [0.05, 0.1) is 0 Å². The van der Waals surface area contributed by atoms with Gasteiger partial charge in [0.2, 0.25) is 0 Å². The fraction of sp³-hybridized carbons (Fsp3) is 0.450. The summed E-state index contributed by atoms with van der Waals surface area (Å²) in [4.78, 5) is 16.8. The SMILES string of the molecule is CCc1ccc(C(=O)N2CCN(Cc3ccc4c(c3)OCCO4)CC2)o1. The van der Waals surface area contributed by atoms with Crippen LogP contribution in [-0.2, 0) is 13.0 Å². The highest BCUT2D eigenvalue weighted by Gasteiger charge is 2.24. The molecule has 0 N–H and O–H groups in total. The Morgan fingerprint density at radius 3 is 2.50 bits per heavy atom. The highest BCUT2D eigenvalue weighted by molar-refractivity contribution is 5.91. The fourth-order valence-electron chi connectivity index (χ4n) is 3.39. The minimum Gasteiger partial charge on any atom is -0.486 e. The zero-order chi connectivity index (χ0) is 17.9. The maximum absolute atomic E-state index is 12.5. The Morgan fingerprint density at radius 2 is 1.77 bits per heavy atom. The molecule has 0 saturated carbocycles. The lowest BCUT2D eigenvalue weighted by atomic mass is 10.1. The average Bonchev–Trinajstić information content (AvgIpc) is 3.17. The summed E-state index contributed by atoms with van der Waals surface area (Å²) in [6, 6.07) is 9.78. The summed E-state index contributed by atoms with van der Waals surface area (Å²) in [5, 5.41) is 0. The van der Waals surface area contributed by atoms with Gasteiger partial charge in [0, 0.05) is 39.1 Å². The van der Waals surface area contributed by atoms with E-state index in [1.54, 1.807) is 6.07 Å². The van der Waals surface area contributed by atoms with Crippen molar-refractivity contribution >= 4 is 5.91 Å². The van der Waals surface area contributed by atoms with Gasteiger partial charge in [0.25, 0.3) is 5.91 Å². The molecule has 0 spiro atoms. The molecule has 2 aliphatic heterocycles. The van der Waals surface area contributed by atoms with Crippen LogP contribution in [0.4, 0.5) is 0 Å². The van der Waals surface area contributed by atoms with Crippen molar-refractivity contribution in [1.29, 1.82) is 0 Å². The van der Waals surface area contributed by atoms with Crippen LogP contribution in [0, 0.1) is 0 Å². The van der Waals surface area contributed by atoms with E-state index in [1.807, 2.05) is 24.0 Å². The zero-order valence-electron chi connectivity index (χ0n) is 15.1. The first kappa shape index (κ1) is 17.0. The summed E-state index contributed by atoms with van der Waals surface area (Å²) >= 11 is 0. The van der Waals surface area contributed by atoms with Gasteiger partial charge in [-0.2, -0.15) is 0 Å². The van der Waals surface area contributed by atoms with Crippen LogP contribution >= 0.6 is 0 Å². The highest BCUT2D eigenvalue weighted by atomic mass is 16.6. The molecule has 6 nitrogen and oxygen atoms in total. The Labute approximate surface area is 153 Å². The maximum atomic E-state index is 12.5. The Morgan fingerprint density at radius 1 is 1.00 bits per heavy atom. The summed E-state index contributed by atoms with van der Waals surface area (Å²) in [7, 11) is 0. The van der Waals surface area contributed by atoms with Gasteiger partial charge in [-0.25, -0.2) is 0 Å². The van der Waals surface area contributed by atoms with E-state index in [0.717, 1.165) is 43.3 Å².